The summed E-state index contributed by atoms with van der Waals surface area (Å²) in [6, 6.07) is 3.62. The van der Waals surface area contributed by atoms with Crippen LogP contribution in [-0.4, -0.2) is 27.7 Å². The largest absolute Gasteiger partial charge is 0.290 e. The van der Waals surface area contributed by atoms with Crippen LogP contribution < -0.4 is 0 Å². The molecule has 2 aliphatic heterocycles. The second-order valence-corrected chi connectivity index (χ2v) is 3.62. The van der Waals surface area contributed by atoms with E-state index in [2.05, 4.69) is 21.2 Å². The van der Waals surface area contributed by atoms with Crippen molar-refractivity contribution in [2.45, 2.75) is 24.9 Å². The number of aromatic nitrogens is 2. The number of nitrogens with zero attached hydrogens (tertiary/aromatic N) is 3. The summed E-state index contributed by atoms with van der Waals surface area (Å²) in [5.74, 6) is 0. The minimum absolute atomic E-state index is 0.644. The van der Waals surface area contributed by atoms with Gasteiger partial charge in [-0.15, -0.1) is 0 Å². The fourth-order valence-electron chi connectivity index (χ4n) is 2.21. The molecule has 0 saturated carbocycles. The zero-order chi connectivity index (χ0) is 7.97. The van der Waals surface area contributed by atoms with Crippen LogP contribution in [0.4, 0.5) is 0 Å². The predicted octanol–water partition coefficient (Wildman–Crippen LogP) is 0.996. The SMILES string of the molecule is c1cc(C2CCC3CN32)cnn1. The summed E-state index contributed by atoms with van der Waals surface area (Å²) in [6.07, 6.45) is 6.35. The van der Waals surface area contributed by atoms with Gasteiger partial charge in [-0.3, -0.25) is 4.90 Å². The highest BCUT2D eigenvalue weighted by atomic mass is 15.3. The maximum atomic E-state index is 3.91. The number of hydrogen-bond donors (Lipinski definition) is 0. The van der Waals surface area contributed by atoms with Gasteiger partial charge in [-0.2, -0.15) is 10.2 Å². The summed E-state index contributed by atoms with van der Waals surface area (Å²) < 4.78 is 0. The van der Waals surface area contributed by atoms with E-state index >= 15 is 0 Å². The lowest BCUT2D eigenvalue weighted by Gasteiger charge is -2.11. The Balaban J connectivity index is 1.89. The van der Waals surface area contributed by atoms with Crippen LogP contribution in [0.1, 0.15) is 24.4 Å². The van der Waals surface area contributed by atoms with E-state index < -0.39 is 0 Å². The fraction of sp³-hybridized carbons (Fsp3) is 0.556. The summed E-state index contributed by atoms with van der Waals surface area (Å²) in [7, 11) is 0. The third kappa shape index (κ3) is 0.862. The molecule has 3 heteroatoms. The lowest BCUT2D eigenvalue weighted by Crippen LogP contribution is -2.05. The molecule has 3 nitrogen and oxygen atoms in total. The van der Waals surface area contributed by atoms with Crippen molar-refractivity contribution in [1.82, 2.24) is 15.1 Å². The zero-order valence-electron chi connectivity index (χ0n) is 6.85. The van der Waals surface area contributed by atoms with Crippen LogP contribution in [0.5, 0.6) is 0 Å². The highest BCUT2D eigenvalue weighted by Crippen LogP contribution is 2.44. The van der Waals surface area contributed by atoms with Gasteiger partial charge in [0, 0.05) is 24.8 Å². The van der Waals surface area contributed by atoms with E-state index in [0.29, 0.717) is 6.04 Å². The monoisotopic (exact) mass is 161 g/mol. The first-order chi connectivity index (χ1) is 5.95. The molecule has 3 unspecified atom stereocenters. The number of piperidine rings is 1. The summed E-state index contributed by atoms with van der Waals surface area (Å²) in [5, 5.41) is 7.69. The maximum absolute atomic E-state index is 3.91. The van der Waals surface area contributed by atoms with E-state index in [1.165, 1.54) is 24.9 Å². The maximum Gasteiger partial charge on any atom is 0.0544 e. The third-order valence-corrected chi connectivity index (χ3v) is 2.92. The topological polar surface area (TPSA) is 28.8 Å². The van der Waals surface area contributed by atoms with Gasteiger partial charge in [0.15, 0.2) is 0 Å². The molecule has 0 aromatic carbocycles. The van der Waals surface area contributed by atoms with Crippen LogP contribution in [0.15, 0.2) is 18.5 Å². The lowest BCUT2D eigenvalue weighted by molar-refractivity contribution is 0.438. The van der Waals surface area contributed by atoms with Crippen molar-refractivity contribution in [2.75, 3.05) is 6.54 Å². The first-order valence-corrected chi connectivity index (χ1v) is 4.47. The van der Waals surface area contributed by atoms with Crippen molar-refractivity contribution in [3.05, 3.63) is 24.0 Å². The Morgan fingerprint density at radius 2 is 2.33 bits per heavy atom. The highest BCUT2D eigenvalue weighted by molar-refractivity contribution is 5.18. The summed E-state index contributed by atoms with van der Waals surface area (Å²) >= 11 is 0. The number of hydrogen-bond acceptors (Lipinski definition) is 3. The molecule has 3 rings (SSSR count). The zero-order valence-corrected chi connectivity index (χ0v) is 6.85. The second kappa shape index (κ2) is 2.26. The molecule has 62 valence electrons. The lowest BCUT2D eigenvalue weighted by atomic mass is 10.1. The van der Waals surface area contributed by atoms with Crippen molar-refractivity contribution >= 4 is 0 Å². The van der Waals surface area contributed by atoms with E-state index in [0.717, 1.165) is 6.04 Å². The molecule has 12 heavy (non-hydrogen) atoms. The van der Waals surface area contributed by atoms with Gasteiger partial charge < -0.3 is 0 Å². The molecule has 3 heterocycles. The molecule has 0 N–H and O–H groups in total. The average Bonchev–Trinajstić information content (AvgIpc) is 2.80. The smallest absolute Gasteiger partial charge is 0.0544 e. The molecule has 2 aliphatic rings. The van der Waals surface area contributed by atoms with Crippen LogP contribution in [0.25, 0.3) is 0 Å². The molecule has 2 saturated heterocycles. The van der Waals surface area contributed by atoms with Crippen LogP contribution in [-0.2, 0) is 0 Å². The quantitative estimate of drug-likeness (QED) is 0.575. The van der Waals surface area contributed by atoms with Crippen LogP contribution in [0.2, 0.25) is 0 Å². The minimum Gasteiger partial charge on any atom is -0.290 e. The predicted molar refractivity (Wildman–Crippen MR) is 44.5 cm³/mol. The Morgan fingerprint density at radius 3 is 2.92 bits per heavy atom. The van der Waals surface area contributed by atoms with Gasteiger partial charge in [-0.1, -0.05) is 0 Å². The van der Waals surface area contributed by atoms with E-state index in [1.54, 1.807) is 6.20 Å². The Labute approximate surface area is 71.4 Å². The molecule has 0 amide bonds. The molecular weight excluding hydrogens is 150 g/mol. The first kappa shape index (κ1) is 6.54. The number of rotatable bonds is 1. The van der Waals surface area contributed by atoms with Gasteiger partial charge in [-0.25, -0.2) is 0 Å². The van der Waals surface area contributed by atoms with Crippen molar-refractivity contribution in [2.24, 2.45) is 0 Å². The standard InChI is InChI=1S/C9H11N3/c1-2-9(12-6-8(1)12)7-3-4-10-11-5-7/h3-5,8-9H,1-2,6H2. The molecule has 1 aromatic rings. The van der Waals surface area contributed by atoms with Gasteiger partial charge in [-0.05, 0) is 24.5 Å². The molecule has 2 fully saturated rings. The van der Waals surface area contributed by atoms with Crippen molar-refractivity contribution in [1.29, 1.82) is 0 Å². The highest BCUT2D eigenvalue weighted by Gasteiger charge is 2.45. The fourth-order valence-corrected chi connectivity index (χ4v) is 2.21. The van der Waals surface area contributed by atoms with E-state index in [9.17, 15) is 0 Å². The van der Waals surface area contributed by atoms with Gasteiger partial charge in [0.2, 0.25) is 0 Å². The van der Waals surface area contributed by atoms with Crippen LogP contribution in [0, 0.1) is 0 Å². The van der Waals surface area contributed by atoms with E-state index in [1.807, 2.05) is 6.20 Å². The first-order valence-electron chi connectivity index (χ1n) is 4.47. The Kier molecular flexibility index (Phi) is 1.23. The third-order valence-electron chi connectivity index (χ3n) is 2.92. The average molecular weight is 161 g/mol. The molecule has 0 bridgehead atoms. The summed E-state index contributed by atoms with van der Waals surface area (Å²) in [5.41, 5.74) is 1.34. The van der Waals surface area contributed by atoms with Gasteiger partial charge >= 0.3 is 0 Å². The minimum atomic E-state index is 0.644. The van der Waals surface area contributed by atoms with Crippen LogP contribution in [0.3, 0.4) is 0 Å². The van der Waals surface area contributed by atoms with Gasteiger partial charge in [0.25, 0.3) is 0 Å². The molecule has 0 spiro atoms. The molecule has 1 aromatic heterocycles. The summed E-state index contributed by atoms with van der Waals surface area (Å²) in [4.78, 5) is 2.54. The molecule has 0 radical (unpaired) electrons. The Bertz CT molecular complexity index is 285. The van der Waals surface area contributed by atoms with Gasteiger partial charge in [0.05, 0.1) is 6.20 Å². The normalized spacial score (nSPS) is 37.8. The Morgan fingerprint density at radius 1 is 1.33 bits per heavy atom. The molecule has 0 aliphatic carbocycles. The number of fused-ring (bicyclic) bond motifs is 1. The van der Waals surface area contributed by atoms with Crippen molar-refractivity contribution in [3.63, 3.8) is 0 Å². The van der Waals surface area contributed by atoms with E-state index in [-0.39, 0.29) is 0 Å². The molecular formula is C9H11N3. The van der Waals surface area contributed by atoms with Gasteiger partial charge in [0.1, 0.15) is 0 Å². The van der Waals surface area contributed by atoms with Crippen molar-refractivity contribution in [3.8, 4) is 0 Å². The summed E-state index contributed by atoms with van der Waals surface area (Å²) in [6.45, 7) is 1.30. The second-order valence-electron chi connectivity index (χ2n) is 3.62. The van der Waals surface area contributed by atoms with Crippen LogP contribution >= 0.6 is 0 Å². The Hall–Kier alpha value is -0.960. The molecule has 3 atom stereocenters. The van der Waals surface area contributed by atoms with Crippen molar-refractivity contribution < 1.29 is 0 Å². The van der Waals surface area contributed by atoms with E-state index in [4.69, 9.17) is 0 Å².